The van der Waals surface area contributed by atoms with Crippen LogP contribution < -0.4 is 5.32 Å². The average Bonchev–Trinajstić information content (AvgIpc) is 2.62. The van der Waals surface area contributed by atoms with E-state index in [9.17, 15) is 9.59 Å². The van der Waals surface area contributed by atoms with Gasteiger partial charge in [-0.3, -0.25) is 9.59 Å². The van der Waals surface area contributed by atoms with E-state index in [0.717, 1.165) is 25.2 Å². The summed E-state index contributed by atoms with van der Waals surface area (Å²) in [6.45, 7) is 5.26. The van der Waals surface area contributed by atoms with Crippen LogP contribution in [0.4, 0.5) is 11.5 Å². The number of aromatic nitrogens is 2. The molecule has 1 amide bonds. The quantitative estimate of drug-likeness (QED) is 0.866. The fourth-order valence-electron chi connectivity index (χ4n) is 2.99. The Morgan fingerprint density at radius 3 is 2.48 bits per heavy atom. The van der Waals surface area contributed by atoms with Crippen LogP contribution in [-0.4, -0.2) is 39.9 Å². The lowest BCUT2D eigenvalue weighted by Crippen LogP contribution is -2.39. The van der Waals surface area contributed by atoms with Gasteiger partial charge >= 0.3 is 0 Å². The van der Waals surface area contributed by atoms with E-state index in [1.54, 1.807) is 24.3 Å². The number of hydrogen-bond acceptors (Lipinski definition) is 5. The van der Waals surface area contributed by atoms with Crippen molar-refractivity contribution in [3.8, 4) is 0 Å². The Morgan fingerprint density at radius 1 is 1.12 bits per heavy atom. The summed E-state index contributed by atoms with van der Waals surface area (Å²) in [6, 6.07) is 10.6. The maximum atomic E-state index is 12.5. The molecule has 1 fully saturated rings. The number of amides is 1. The summed E-state index contributed by atoms with van der Waals surface area (Å²) in [4.78, 5) is 25.6. The fourth-order valence-corrected chi connectivity index (χ4v) is 2.99. The van der Waals surface area contributed by atoms with Gasteiger partial charge in [-0.25, -0.2) is 0 Å². The number of likely N-dealkylation sites (tertiary alicyclic amines) is 1. The topological polar surface area (TPSA) is 75.2 Å². The zero-order valence-electron chi connectivity index (χ0n) is 14.5. The first-order chi connectivity index (χ1) is 12.0. The number of carbonyl (C=O) groups excluding carboxylic acids is 2. The van der Waals surface area contributed by atoms with E-state index >= 15 is 0 Å². The maximum absolute atomic E-state index is 12.5. The normalized spacial score (nSPS) is 17.2. The largest absolute Gasteiger partial charge is 0.339 e. The Balaban J connectivity index is 1.65. The molecule has 2 heterocycles. The molecule has 0 bridgehead atoms. The summed E-state index contributed by atoms with van der Waals surface area (Å²) in [6.07, 6.45) is 2.21. The van der Waals surface area contributed by atoms with Crippen molar-refractivity contribution in [2.24, 2.45) is 5.92 Å². The Bertz CT molecular complexity index is 756. The summed E-state index contributed by atoms with van der Waals surface area (Å²) in [5, 5.41) is 11.3. The van der Waals surface area contributed by atoms with Gasteiger partial charge in [0.1, 0.15) is 0 Å². The summed E-state index contributed by atoms with van der Waals surface area (Å²) < 4.78 is 0. The summed E-state index contributed by atoms with van der Waals surface area (Å²) in [5.41, 5.74) is 1.84. The number of hydrogen-bond donors (Lipinski definition) is 1. The van der Waals surface area contributed by atoms with Crippen molar-refractivity contribution in [2.45, 2.75) is 26.7 Å². The summed E-state index contributed by atoms with van der Waals surface area (Å²) in [5.74, 6) is 1.06. The van der Waals surface area contributed by atoms with Gasteiger partial charge in [-0.1, -0.05) is 6.92 Å². The molecule has 1 unspecified atom stereocenters. The van der Waals surface area contributed by atoms with Gasteiger partial charge in [0.2, 0.25) is 0 Å². The number of piperidine rings is 1. The Hall–Kier alpha value is -2.76. The molecule has 1 aliphatic rings. The Morgan fingerprint density at radius 2 is 1.88 bits per heavy atom. The first-order valence-electron chi connectivity index (χ1n) is 8.54. The van der Waals surface area contributed by atoms with Crippen LogP contribution in [0.5, 0.6) is 0 Å². The van der Waals surface area contributed by atoms with Crippen molar-refractivity contribution >= 4 is 23.2 Å². The van der Waals surface area contributed by atoms with E-state index in [2.05, 4.69) is 22.4 Å². The number of benzene rings is 1. The van der Waals surface area contributed by atoms with Gasteiger partial charge in [0.05, 0.1) is 0 Å². The second-order valence-corrected chi connectivity index (χ2v) is 6.56. The van der Waals surface area contributed by atoms with Crippen molar-refractivity contribution < 1.29 is 9.59 Å². The van der Waals surface area contributed by atoms with Gasteiger partial charge in [-0.15, -0.1) is 10.2 Å². The molecule has 1 N–H and O–H groups in total. The zero-order chi connectivity index (χ0) is 17.8. The second-order valence-electron chi connectivity index (χ2n) is 6.56. The first-order valence-corrected chi connectivity index (χ1v) is 8.54. The van der Waals surface area contributed by atoms with Crippen molar-refractivity contribution in [3.63, 3.8) is 0 Å². The molecule has 6 heteroatoms. The van der Waals surface area contributed by atoms with Crippen LogP contribution in [0.3, 0.4) is 0 Å². The van der Waals surface area contributed by atoms with Crippen LogP contribution in [0.25, 0.3) is 0 Å². The molecule has 2 aromatic rings. The zero-order valence-corrected chi connectivity index (χ0v) is 14.5. The summed E-state index contributed by atoms with van der Waals surface area (Å²) >= 11 is 0. The van der Waals surface area contributed by atoms with Crippen LogP contribution in [0.15, 0.2) is 36.4 Å². The minimum Gasteiger partial charge on any atom is -0.339 e. The lowest BCUT2D eigenvalue weighted by molar-refractivity contribution is 0.0676. The van der Waals surface area contributed by atoms with E-state index in [1.807, 2.05) is 17.0 Å². The number of Topliss-reactive ketones (excluding diaryl/α,β-unsaturated/α-hetero) is 1. The van der Waals surface area contributed by atoms with E-state index in [4.69, 9.17) is 0 Å². The molecule has 0 radical (unpaired) electrons. The van der Waals surface area contributed by atoms with Gasteiger partial charge in [-0.05, 0) is 62.1 Å². The summed E-state index contributed by atoms with van der Waals surface area (Å²) in [7, 11) is 0. The van der Waals surface area contributed by atoms with Crippen LogP contribution in [0.1, 0.15) is 47.5 Å². The number of nitrogens with zero attached hydrogens (tertiary/aromatic N) is 3. The highest BCUT2D eigenvalue weighted by molar-refractivity contribution is 5.94. The van der Waals surface area contributed by atoms with Crippen molar-refractivity contribution in [3.05, 3.63) is 47.7 Å². The van der Waals surface area contributed by atoms with Crippen LogP contribution in [0, 0.1) is 5.92 Å². The van der Waals surface area contributed by atoms with Gasteiger partial charge in [0, 0.05) is 24.3 Å². The number of anilines is 2. The third-order valence-electron chi connectivity index (χ3n) is 4.39. The molecule has 0 aliphatic carbocycles. The molecular weight excluding hydrogens is 316 g/mol. The van der Waals surface area contributed by atoms with Crippen molar-refractivity contribution in [1.82, 2.24) is 15.1 Å². The molecule has 1 aromatic carbocycles. The standard InChI is InChI=1S/C19H22N4O2/c1-13-4-3-11-23(12-13)19(25)17-9-10-18(22-21-17)20-16-7-5-15(6-8-16)14(2)24/h5-10,13H,3-4,11-12H2,1-2H3,(H,20,22). The lowest BCUT2D eigenvalue weighted by atomic mass is 10.00. The monoisotopic (exact) mass is 338 g/mol. The maximum Gasteiger partial charge on any atom is 0.274 e. The van der Waals surface area contributed by atoms with E-state index < -0.39 is 0 Å². The predicted octanol–water partition coefficient (Wildman–Crippen LogP) is 3.29. The van der Waals surface area contributed by atoms with Gasteiger partial charge in [0.25, 0.3) is 5.91 Å². The highest BCUT2D eigenvalue weighted by Gasteiger charge is 2.23. The molecule has 1 saturated heterocycles. The van der Waals surface area contributed by atoms with Crippen molar-refractivity contribution in [2.75, 3.05) is 18.4 Å². The fraction of sp³-hybridized carbons (Fsp3) is 0.368. The molecule has 1 aromatic heterocycles. The molecule has 1 aliphatic heterocycles. The third kappa shape index (κ3) is 4.21. The van der Waals surface area contributed by atoms with Gasteiger partial charge in [0.15, 0.2) is 17.3 Å². The Labute approximate surface area is 147 Å². The van der Waals surface area contributed by atoms with Crippen LogP contribution in [-0.2, 0) is 0 Å². The number of rotatable bonds is 4. The molecule has 1 atom stereocenters. The third-order valence-corrected chi connectivity index (χ3v) is 4.39. The van der Waals surface area contributed by atoms with E-state index in [1.165, 1.54) is 13.3 Å². The molecule has 25 heavy (non-hydrogen) atoms. The molecule has 6 nitrogen and oxygen atoms in total. The van der Waals surface area contributed by atoms with Crippen molar-refractivity contribution in [1.29, 1.82) is 0 Å². The number of carbonyl (C=O) groups is 2. The number of nitrogens with one attached hydrogen (secondary N) is 1. The average molecular weight is 338 g/mol. The van der Waals surface area contributed by atoms with Gasteiger partial charge in [-0.2, -0.15) is 0 Å². The lowest BCUT2D eigenvalue weighted by Gasteiger charge is -2.30. The molecule has 130 valence electrons. The smallest absolute Gasteiger partial charge is 0.274 e. The Kier molecular flexibility index (Phi) is 5.07. The minimum atomic E-state index is -0.0589. The molecular formula is C19H22N4O2. The molecule has 0 saturated carbocycles. The van der Waals surface area contributed by atoms with Gasteiger partial charge < -0.3 is 10.2 Å². The van der Waals surface area contributed by atoms with Crippen LogP contribution >= 0.6 is 0 Å². The first kappa shape index (κ1) is 17.1. The second kappa shape index (κ2) is 7.42. The van der Waals surface area contributed by atoms with Crippen LogP contribution in [0.2, 0.25) is 0 Å². The molecule has 3 rings (SSSR count). The van der Waals surface area contributed by atoms with E-state index in [0.29, 0.717) is 23.0 Å². The van der Waals surface area contributed by atoms with E-state index in [-0.39, 0.29) is 11.7 Å². The highest BCUT2D eigenvalue weighted by Crippen LogP contribution is 2.18. The highest BCUT2D eigenvalue weighted by atomic mass is 16.2. The predicted molar refractivity (Wildman–Crippen MR) is 96.1 cm³/mol. The minimum absolute atomic E-state index is 0.0289. The molecule has 0 spiro atoms. The number of ketones is 1. The SMILES string of the molecule is CC(=O)c1ccc(Nc2ccc(C(=O)N3CCCC(C)C3)nn2)cc1.